The molecule has 20 heavy (non-hydrogen) atoms. The minimum absolute atomic E-state index is 0.312. The topological polar surface area (TPSA) is 70.6 Å². The molecule has 0 spiro atoms. The highest BCUT2D eigenvalue weighted by molar-refractivity contribution is 5.54. The predicted molar refractivity (Wildman–Crippen MR) is 74.0 cm³/mol. The van der Waals surface area contributed by atoms with Crippen LogP contribution < -0.4 is 4.90 Å². The molecule has 0 radical (unpaired) electrons. The molecule has 1 aliphatic rings. The lowest BCUT2D eigenvalue weighted by molar-refractivity contribution is 0.396. The number of nitrogens with zero attached hydrogens (tertiary/aromatic N) is 6. The molecule has 3 rings (SSSR count). The van der Waals surface area contributed by atoms with Crippen molar-refractivity contribution < 1.29 is 0 Å². The minimum Gasteiger partial charge on any atom is -0.351 e. The molecule has 0 N–H and O–H groups in total. The molecule has 3 heterocycles. The zero-order chi connectivity index (χ0) is 13.8. The van der Waals surface area contributed by atoms with Gasteiger partial charge >= 0.3 is 0 Å². The summed E-state index contributed by atoms with van der Waals surface area (Å²) in [7, 11) is 0. The zero-order valence-corrected chi connectivity index (χ0v) is 11.2. The Bertz CT molecular complexity index is 600. The van der Waals surface area contributed by atoms with Gasteiger partial charge in [-0.1, -0.05) is 0 Å². The molecular weight excluding hydrogens is 252 g/mol. The smallest absolute Gasteiger partial charge is 0.146 e. The molecule has 2 aromatic heterocycles. The highest BCUT2D eigenvalue weighted by atomic mass is 15.3. The van der Waals surface area contributed by atoms with Crippen LogP contribution in [-0.4, -0.2) is 32.3 Å². The van der Waals surface area contributed by atoms with Gasteiger partial charge in [-0.15, -0.1) is 0 Å². The van der Waals surface area contributed by atoms with E-state index in [1.807, 2.05) is 10.7 Å². The van der Waals surface area contributed by atoms with Crippen LogP contribution in [-0.2, 0) is 6.54 Å². The lowest BCUT2D eigenvalue weighted by atomic mass is 10.0. The van der Waals surface area contributed by atoms with Crippen molar-refractivity contribution in [2.24, 2.45) is 0 Å². The molecule has 6 heteroatoms. The lowest BCUT2D eigenvalue weighted by Crippen LogP contribution is -2.43. The molecule has 1 aliphatic heterocycles. The van der Waals surface area contributed by atoms with Crippen molar-refractivity contribution in [3.63, 3.8) is 0 Å². The molecule has 0 saturated carbocycles. The average molecular weight is 268 g/mol. The summed E-state index contributed by atoms with van der Waals surface area (Å²) < 4.78 is 1.85. The molecule has 0 amide bonds. The van der Waals surface area contributed by atoms with Gasteiger partial charge in [0.2, 0.25) is 0 Å². The van der Waals surface area contributed by atoms with E-state index in [4.69, 9.17) is 0 Å². The maximum atomic E-state index is 9.25. The number of hydrogen-bond acceptors (Lipinski definition) is 5. The largest absolute Gasteiger partial charge is 0.351 e. The fraction of sp³-hybridized carbons (Fsp3) is 0.429. The Morgan fingerprint density at radius 1 is 1.40 bits per heavy atom. The van der Waals surface area contributed by atoms with Gasteiger partial charge in [0, 0.05) is 12.7 Å². The summed E-state index contributed by atoms with van der Waals surface area (Å²) in [5, 5.41) is 13.4. The SMILES string of the molecule is N#Cc1cccnc1N1CCCCC1Cn1cncn1. The fourth-order valence-electron chi connectivity index (χ4n) is 2.73. The van der Waals surface area contributed by atoms with Crippen molar-refractivity contribution in [2.45, 2.75) is 31.8 Å². The number of aromatic nitrogens is 4. The average Bonchev–Trinajstić information content (AvgIpc) is 3.01. The van der Waals surface area contributed by atoms with Crippen molar-refractivity contribution in [3.05, 3.63) is 36.5 Å². The molecule has 6 nitrogen and oxygen atoms in total. The standard InChI is InChI=1S/C14H16N6/c15-8-12-4-3-6-17-14(12)20-7-2-1-5-13(20)9-19-11-16-10-18-19/h3-4,6,10-11,13H,1-2,5,7,9H2. The first-order chi connectivity index (χ1) is 9.88. The van der Waals surface area contributed by atoms with Crippen LogP contribution in [0.2, 0.25) is 0 Å². The van der Waals surface area contributed by atoms with Crippen molar-refractivity contribution in [3.8, 4) is 6.07 Å². The molecule has 1 atom stereocenters. The van der Waals surface area contributed by atoms with Gasteiger partial charge in [0.1, 0.15) is 24.5 Å². The van der Waals surface area contributed by atoms with E-state index in [0.717, 1.165) is 31.7 Å². The third kappa shape index (κ3) is 2.48. The maximum absolute atomic E-state index is 9.25. The number of hydrogen-bond donors (Lipinski definition) is 0. The third-order valence-electron chi connectivity index (χ3n) is 3.67. The lowest BCUT2D eigenvalue weighted by Gasteiger charge is -2.36. The van der Waals surface area contributed by atoms with Crippen LogP contribution in [0.25, 0.3) is 0 Å². The second kappa shape index (κ2) is 5.70. The van der Waals surface area contributed by atoms with E-state index in [1.54, 1.807) is 24.9 Å². The summed E-state index contributed by atoms with van der Waals surface area (Å²) in [5.74, 6) is 0.791. The van der Waals surface area contributed by atoms with Gasteiger partial charge in [0.15, 0.2) is 0 Å². The summed E-state index contributed by atoms with van der Waals surface area (Å²) in [6.07, 6.45) is 8.45. The first-order valence-corrected chi connectivity index (χ1v) is 6.82. The van der Waals surface area contributed by atoms with Gasteiger partial charge in [-0.25, -0.2) is 9.97 Å². The Labute approximate surface area is 117 Å². The van der Waals surface area contributed by atoms with E-state index in [0.29, 0.717) is 11.6 Å². The van der Waals surface area contributed by atoms with Crippen molar-refractivity contribution in [1.29, 1.82) is 5.26 Å². The fourth-order valence-corrected chi connectivity index (χ4v) is 2.73. The molecule has 2 aromatic rings. The van der Waals surface area contributed by atoms with Crippen LogP contribution >= 0.6 is 0 Å². The van der Waals surface area contributed by atoms with Gasteiger partial charge < -0.3 is 4.90 Å². The molecule has 1 fully saturated rings. The van der Waals surface area contributed by atoms with Gasteiger partial charge in [-0.2, -0.15) is 10.4 Å². The van der Waals surface area contributed by atoms with E-state index in [9.17, 15) is 5.26 Å². The molecule has 0 aliphatic carbocycles. The quantitative estimate of drug-likeness (QED) is 0.845. The van der Waals surface area contributed by atoms with E-state index in [-0.39, 0.29) is 0 Å². The monoisotopic (exact) mass is 268 g/mol. The highest BCUT2D eigenvalue weighted by Crippen LogP contribution is 2.26. The Hall–Kier alpha value is -2.42. The Kier molecular flexibility index (Phi) is 3.59. The zero-order valence-electron chi connectivity index (χ0n) is 11.2. The van der Waals surface area contributed by atoms with Crippen LogP contribution in [0.15, 0.2) is 31.0 Å². The number of pyridine rings is 1. The Morgan fingerprint density at radius 2 is 2.35 bits per heavy atom. The second-order valence-corrected chi connectivity index (χ2v) is 4.95. The molecule has 1 unspecified atom stereocenters. The normalized spacial score (nSPS) is 18.8. The first kappa shape index (κ1) is 12.6. The number of rotatable bonds is 3. The van der Waals surface area contributed by atoms with Crippen LogP contribution in [0.1, 0.15) is 24.8 Å². The molecule has 0 bridgehead atoms. The number of anilines is 1. The van der Waals surface area contributed by atoms with E-state index < -0.39 is 0 Å². The van der Waals surface area contributed by atoms with E-state index in [1.165, 1.54) is 6.42 Å². The summed E-state index contributed by atoms with van der Waals surface area (Å²) in [5.41, 5.74) is 0.637. The van der Waals surface area contributed by atoms with Crippen LogP contribution in [0.3, 0.4) is 0 Å². The van der Waals surface area contributed by atoms with Crippen molar-refractivity contribution in [2.75, 3.05) is 11.4 Å². The van der Waals surface area contributed by atoms with Crippen LogP contribution in [0.4, 0.5) is 5.82 Å². The van der Waals surface area contributed by atoms with Crippen molar-refractivity contribution in [1.82, 2.24) is 19.7 Å². The van der Waals surface area contributed by atoms with Gasteiger partial charge in [0.25, 0.3) is 0 Å². The predicted octanol–water partition coefficient (Wildman–Crippen LogP) is 1.60. The van der Waals surface area contributed by atoms with E-state index >= 15 is 0 Å². The second-order valence-electron chi connectivity index (χ2n) is 4.95. The number of piperidine rings is 1. The van der Waals surface area contributed by atoms with Crippen molar-refractivity contribution >= 4 is 5.82 Å². The molecule has 0 aromatic carbocycles. The van der Waals surface area contributed by atoms with Crippen LogP contribution in [0.5, 0.6) is 0 Å². The summed E-state index contributed by atoms with van der Waals surface area (Å²) in [6, 6.07) is 6.17. The number of nitriles is 1. The first-order valence-electron chi connectivity index (χ1n) is 6.82. The van der Waals surface area contributed by atoms with Gasteiger partial charge in [-0.3, -0.25) is 4.68 Å². The molecular formula is C14H16N6. The van der Waals surface area contributed by atoms with E-state index in [2.05, 4.69) is 26.0 Å². The Balaban J connectivity index is 1.87. The third-order valence-corrected chi connectivity index (χ3v) is 3.67. The highest BCUT2D eigenvalue weighted by Gasteiger charge is 2.25. The molecule has 102 valence electrons. The maximum Gasteiger partial charge on any atom is 0.146 e. The summed E-state index contributed by atoms with van der Waals surface area (Å²) in [6.45, 7) is 1.71. The van der Waals surface area contributed by atoms with Gasteiger partial charge in [-0.05, 0) is 31.4 Å². The minimum atomic E-state index is 0.312. The van der Waals surface area contributed by atoms with Crippen LogP contribution in [0, 0.1) is 11.3 Å². The van der Waals surface area contributed by atoms with Gasteiger partial charge in [0.05, 0.1) is 18.2 Å². The Morgan fingerprint density at radius 3 is 3.15 bits per heavy atom. The summed E-state index contributed by atoms with van der Waals surface area (Å²) in [4.78, 5) is 10.6. The molecule has 1 saturated heterocycles. The summed E-state index contributed by atoms with van der Waals surface area (Å²) >= 11 is 0.